The molecule has 0 radical (unpaired) electrons. The van der Waals surface area contributed by atoms with Crippen LogP contribution in [0.1, 0.15) is 23.7 Å². The van der Waals surface area contributed by atoms with Crippen molar-refractivity contribution < 1.29 is 19.4 Å². The average Bonchev–Trinajstić information content (AvgIpc) is 2.42. The van der Waals surface area contributed by atoms with Crippen molar-refractivity contribution in [2.45, 2.75) is 13.3 Å². The summed E-state index contributed by atoms with van der Waals surface area (Å²) in [5, 5.41) is 11.2. The van der Waals surface area contributed by atoms with Crippen LogP contribution < -0.4 is 14.8 Å². The molecule has 0 aliphatic heterocycles. The second-order valence-corrected chi connectivity index (χ2v) is 3.69. The number of benzene rings is 1. The molecule has 2 N–H and O–H groups in total. The third-order valence-electron chi connectivity index (χ3n) is 2.28. The Balaban J connectivity index is 2.80. The van der Waals surface area contributed by atoms with Crippen molar-refractivity contribution in [3.8, 4) is 11.5 Å². The first-order valence-corrected chi connectivity index (χ1v) is 5.92. The van der Waals surface area contributed by atoms with E-state index in [-0.39, 0.29) is 19.1 Å². The molecule has 0 fully saturated rings. The van der Waals surface area contributed by atoms with Crippen LogP contribution in [0.2, 0.25) is 0 Å². The van der Waals surface area contributed by atoms with Gasteiger partial charge in [0.15, 0.2) is 11.5 Å². The highest BCUT2D eigenvalue weighted by atomic mass is 16.5. The summed E-state index contributed by atoms with van der Waals surface area (Å²) >= 11 is 0. The van der Waals surface area contributed by atoms with Crippen LogP contribution in [-0.2, 0) is 0 Å². The van der Waals surface area contributed by atoms with E-state index in [9.17, 15) is 4.79 Å². The zero-order valence-electron chi connectivity index (χ0n) is 10.7. The average molecular weight is 253 g/mol. The summed E-state index contributed by atoms with van der Waals surface area (Å²) in [6, 6.07) is 5.00. The summed E-state index contributed by atoms with van der Waals surface area (Å²) in [5.41, 5.74) is 0.476. The van der Waals surface area contributed by atoms with Gasteiger partial charge < -0.3 is 19.9 Å². The number of amides is 1. The van der Waals surface area contributed by atoms with E-state index in [4.69, 9.17) is 14.6 Å². The first-order chi connectivity index (χ1) is 8.72. The minimum atomic E-state index is -0.246. The van der Waals surface area contributed by atoms with Gasteiger partial charge in [0.25, 0.3) is 5.91 Å². The molecule has 0 saturated carbocycles. The molecule has 1 aromatic rings. The van der Waals surface area contributed by atoms with Gasteiger partial charge in [-0.3, -0.25) is 4.79 Å². The van der Waals surface area contributed by atoms with Crippen molar-refractivity contribution in [3.05, 3.63) is 23.8 Å². The van der Waals surface area contributed by atoms with Crippen LogP contribution in [0.3, 0.4) is 0 Å². The largest absolute Gasteiger partial charge is 0.493 e. The Bertz CT molecular complexity index is 393. The number of carbonyl (C=O) groups is 1. The Hall–Kier alpha value is -1.75. The number of carbonyl (C=O) groups excluding carboxylic acids is 1. The van der Waals surface area contributed by atoms with Gasteiger partial charge >= 0.3 is 0 Å². The molecule has 0 heterocycles. The smallest absolute Gasteiger partial charge is 0.251 e. The van der Waals surface area contributed by atoms with Crippen LogP contribution in [0.25, 0.3) is 0 Å². The molecule has 0 spiro atoms. The van der Waals surface area contributed by atoms with E-state index >= 15 is 0 Å². The number of aliphatic hydroxyl groups excluding tert-OH is 1. The summed E-state index contributed by atoms with van der Waals surface area (Å²) in [5.74, 6) is 0.905. The summed E-state index contributed by atoms with van der Waals surface area (Å²) in [6.45, 7) is 2.77. The Morgan fingerprint density at radius 3 is 2.78 bits per heavy atom. The molecule has 1 amide bonds. The standard InChI is InChI=1S/C13H19NO4/c1-3-8-18-11-5-4-10(9-12(11)17-2)13(16)14-6-7-15/h4-5,9,15H,3,6-8H2,1-2H3,(H,14,16). The Kier molecular flexibility index (Phi) is 6.00. The molecular formula is C13H19NO4. The van der Waals surface area contributed by atoms with Crippen LogP contribution in [0.5, 0.6) is 11.5 Å². The summed E-state index contributed by atoms with van der Waals surface area (Å²) in [6.07, 6.45) is 0.905. The van der Waals surface area contributed by atoms with Crippen molar-refractivity contribution in [2.24, 2.45) is 0 Å². The third-order valence-corrected chi connectivity index (χ3v) is 2.28. The maximum absolute atomic E-state index is 11.7. The van der Waals surface area contributed by atoms with Gasteiger partial charge in [-0.2, -0.15) is 0 Å². The predicted molar refractivity (Wildman–Crippen MR) is 68.2 cm³/mol. The first-order valence-electron chi connectivity index (χ1n) is 5.92. The molecule has 1 rings (SSSR count). The number of ether oxygens (including phenoxy) is 2. The fraction of sp³-hybridized carbons (Fsp3) is 0.462. The normalized spacial score (nSPS) is 9.94. The Morgan fingerprint density at radius 2 is 2.17 bits per heavy atom. The first kappa shape index (κ1) is 14.3. The molecule has 18 heavy (non-hydrogen) atoms. The van der Waals surface area contributed by atoms with Crippen LogP contribution in [0.4, 0.5) is 0 Å². The molecule has 100 valence electrons. The van der Waals surface area contributed by atoms with Crippen molar-refractivity contribution in [1.29, 1.82) is 0 Å². The number of rotatable bonds is 7. The van der Waals surface area contributed by atoms with E-state index in [1.807, 2.05) is 6.92 Å². The highest BCUT2D eigenvalue weighted by molar-refractivity contribution is 5.94. The quantitative estimate of drug-likeness (QED) is 0.766. The van der Waals surface area contributed by atoms with Crippen molar-refractivity contribution in [1.82, 2.24) is 5.32 Å². The number of hydrogen-bond acceptors (Lipinski definition) is 4. The van der Waals surface area contributed by atoms with Crippen LogP contribution in [0.15, 0.2) is 18.2 Å². The van der Waals surface area contributed by atoms with Crippen LogP contribution in [-0.4, -0.2) is 37.9 Å². The van der Waals surface area contributed by atoms with Gasteiger partial charge in [0.2, 0.25) is 0 Å². The van der Waals surface area contributed by atoms with Crippen molar-refractivity contribution >= 4 is 5.91 Å². The minimum Gasteiger partial charge on any atom is -0.493 e. The van der Waals surface area contributed by atoms with E-state index in [2.05, 4.69) is 5.32 Å². The van der Waals surface area contributed by atoms with Crippen LogP contribution in [0, 0.1) is 0 Å². The lowest BCUT2D eigenvalue weighted by Crippen LogP contribution is -2.26. The van der Waals surface area contributed by atoms with Gasteiger partial charge in [-0.15, -0.1) is 0 Å². The molecule has 0 aromatic heterocycles. The van der Waals surface area contributed by atoms with Gasteiger partial charge in [0.1, 0.15) is 0 Å². The molecular weight excluding hydrogens is 234 g/mol. The number of nitrogens with one attached hydrogen (secondary N) is 1. The van der Waals surface area contributed by atoms with E-state index < -0.39 is 0 Å². The summed E-state index contributed by atoms with van der Waals surface area (Å²) in [4.78, 5) is 11.7. The zero-order valence-corrected chi connectivity index (χ0v) is 10.7. The molecule has 0 atom stereocenters. The molecule has 0 unspecified atom stereocenters. The second-order valence-electron chi connectivity index (χ2n) is 3.69. The lowest BCUT2D eigenvalue weighted by molar-refractivity contribution is 0.0944. The van der Waals surface area contributed by atoms with E-state index in [1.165, 1.54) is 7.11 Å². The number of hydrogen-bond donors (Lipinski definition) is 2. The molecule has 5 nitrogen and oxygen atoms in total. The number of methoxy groups -OCH3 is 1. The third kappa shape index (κ3) is 3.92. The topological polar surface area (TPSA) is 67.8 Å². The molecule has 0 aliphatic carbocycles. The highest BCUT2D eigenvalue weighted by Crippen LogP contribution is 2.28. The zero-order chi connectivity index (χ0) is 13.4. The maximum Gasteiger partial charge on any atom is 0.251 e. The fourth-order valence-corrected chi connectivity index (χ4v) is 1.41. The summed E-state index contributed by atoms with van der Waals surface area (Å²) in [7, 11) is 1.53. The maximum atomic E-state index is 11.7. The molecule has 0 bridgehead atoms. The van der Waals surface area contributed by atoms with Crippen LogP contribution >= 0.6 is 0 Å². The molecule has 0 aliphatic rings. The van der Waals surface area contributed by atoms with Gasteiger partial charge in [-0.05, 0) is 24.6 Å². The van der Waals surface area contributed by atoms with E-state index in [1.54, 1.807) is 18.2 Å². The minimum absolute atomic E-state index is 0.0828. The molecule has 5 heteroatoms. The lowest BCUT2D eigenvalue weighted by atomic mass is 10.2. The van der Waals surface area contributed by atoms with Crippen molar-refractivity contribution in [3.63, 3.8) is 0 Å². The summed E-state index contributed by atoms with van der Waals surface area (Å²) < 4.78 is 10.7. The van der Waals surface area contributed by atoms with E-state index in [0.29, 0.717) is 23.7 Å². The van der Waals surface area contributed by atoms with Gasteiger partial charge in [0, 0.05) is 12.1 Å². The second kappa shape index (κ2) is 7.55. The Morgan fingerprint density at radius 1 is 1.39 bits per heavy atom. The fourth-order valence-electron chi connectivity index (χ4n) is 1.41. The molecule has 1 aromatic carbocycles. The SMILES string of the molecule is CCCOc1ccc(C(=O)NCCO)cc1OC. The predicted octanol–water partition coefficient (Wildman–Crippen LogP) is 1.21. The van der Waals surface area contributed by atoms with Crippen molar-refractivity contribution in [2.75, 3.05) is 26.9 Å². The number of aliphatic hydroxyl groups is 1. The van der Waals surface area contributed by atoms with E-state index in [0.717, 1.165) is 6.42 Å². The molecule has 0 saturated heterocycles. The van der Waals surface area contributed by atoms with Gasteiger partial charge in [-0.25, -0.2) is 0 Å². The highest BCUT2D eigenvalue weighted by Gasteiger charge is 2.10. The monoisotopic (exact) mass is 253 g/mol. The Labute approximate surface area is 107 Å². The van der Waals surface area contributed by atoms with Gasteiger partial charge in [-0.1, -0.05) is 6.92 Å². The lowest BCUT2D eigenvalue weighted by Gasteiger charge is -2.11. The van der Waals surface area contributed by atoms with Gasteiger partial charge in [0.05, 0.1) is 20.3 Å².